The number of nitrogens with one attached hydrogen (secondary N) is 1. The van der Waals surface area contributed by atoms with E-state index in [1.807, 2.05) is 0 Å². The summed E-state index contributed by atoms with van der Waals surface area (Å²) in [6.45, 7) is 7.22. The molecule has 5 nitrogen and oxygen atoms in total. The Bertz CT molecular complexity index is 1230. The second kappa shape index (κ2) is 9.34. The van der Waals surface area contributed by atoms with Crippen LogP contribution in [0.15, 0.2) is 23.0 Å². The summed E-state index contributed by atoms with van der Waals surface area (Å²) in [6, 6.07) is 5.22. The fraction of sp³-hybridized carbons (Fsp3) is 0.742. The van der Waals surface area contributed by atoms with Crippen molar-refractivity contribution < 1.29 is 10.2 Å². The molecular formula is C31H43ClN2O3. The van der Waals surface area contributed by atoms with Gasteiger partial charge in [-0.1, -0.05) is 32.4 Å². The summed E-state index contributed by atoms with van der Waals surface area (Å²) < 4.78 is 0. The second-order valence-corrected chi connectivity index (χ2v) is 14.0. The van der Waals surface area contributed by atoms with Crippen molar-refractivity contribution in [2.24, 2.45) is 46.3 Å². The van der Waals surface area contributed by atoms with Crippen LogP contribution in [0.25, 0.3) is 10.9 Å². The first-order valence-corrected chi connectivity index (χ1v) is 15.0. The van der Waals surface area contributed by atoms with E-state index in [9.17, 15) is 15.0 Å². The number of rotatable bonds is 4. The molecule has 6 heteroatoms. The van der Waals surface area contributed by atoms with Gasteiger partial charge >= 0.3 is 0 Å². The van der Waals surface area contributed by atoms with Crippen molar-refractivity contribution >= 4 is 22.5 Å². The maximum absolute atomic E-state index is 12.6. The van der Waals surface area contributed by atoms with Crippen LogP contribution < -0.4 is 5.56 Å². The average Bonchev–Trinajstić information content (AvgIpc) is 3.22. The number of aryl methyl sites for hydroxylation is 1. The van der Waals surface area contributed by atoms with Gasteiger partial charge in [-0.2, -0.15) is 0 Å². The molecule has 0 spiro atoms. The maximum atomic E-state index is 12.6. The van der Waals surface area contributed by atoms with Gasteiger partial charge in [-0.25, -0.2) is 4.98 Å². The number of hydrogen-bond donors (Lipinski definition) is 3. The molecule has 4 aliphatic rings. The van der Waals surface area contributed by atoms with E-state index in [0.717, 1.165) is 44.3 Å². The van der Waals surface area contributed by atoms with Crippen molar-refractivity contribution in [2.75, 3.05) is 0 Å². The van der Waals surface area contributed by atoms with Gasteiger partial charge < -0.3 is 15.2 Å². The van der Waals surface area contributed by atoms with Crippen LogP contribution >= 0.6 is 11.6 Å². The third-order valence-corrected chi connectivity index (χ3v) is 12.3. The SMILES string of the molecule is C[C@H](CCc1nc2cc(Cl)ccc2c(=O)[nH]1)[C@H]1CC[C@H]2[C@@H]3CC[C@@H]4C[C@H](O)CC[C@]4(C)C3C[C@H](O)[C@]12C. The molecule has 4 fully saturated rings. The summed E-state index contributed by atoms with van der Waals surface area (Å²) in [7, 11) is 0. The van der Waals surface area contributed by atoms with Crippen LogP contribution in [0.2, 0.25) is 5.02 Å². The Morgan fingerprint density at radius 3 is 2.73 bits per heavy atom. The van der Waals surface area contributed by atoms with Crippen molar-refractivity contribution in [1.82, 2.24) is 9.97 Å². The number of aromatic amines is 1. The molecule has 4 saturated carbocycles. The first kappa shape index (κ1) is 25.8. The van der Waals surface area contributed by atoms with Gasteiger partial charge in [-0.05, 0) is 122 Å². The quantitative estimate of drug-likeness (QED) is 0.447. The van der Waals surface area contributed by atoms with Gasteiger partial charge in [0.2, 0.25) is 0 Å². The molecule has 0 saturated heterocycles. The number of aromatic nitrogens is 2. The predicted molar refractivity (Wildman–Crippen MR) is 147 cm³/mol. The molecule has 0 aliphatic heterocycles. The van der Waals surface area contributed by atoms with E-state index in [0.29, 0.717) is 51.4 Å². The molecule has 6 rings (SSSR count). The average molecular weight is 527 g/mol. The van der Waals surface area contributed by atoms with Crippen LogP contribution in [0.5, 0.6) is 0 Å². The van der Waals surface area contributed by atoms with Crippen molar-refractivity contribution in [1.29, 1.82) is 0 Å². The van der Waals surface area contributed by atoms with Gasteiger partial charge in [0, 0.05) is 11.4 Å². The van der Waals surface area contributed by atoms with Crippen LogP contribution in [0.1, 0.15) is 84.4 Å². The van der Waals surface area contributed by atoms with Crippen LogP contribution in [-0.2, 0) is 6.42 Å². The number of benzene rings is 1. The number of aliphatic hydroxyl groups excluding tert-OH is 2. The Labute approximate surface area is 225 Å². The number of fused-ring (bicyclic) bond motifs is 6. The minimum atomic E-state index is -0.267. The van der Waals surface area contributed by atoms with Crippen LogP contribution in [0, 0.1) is 46.3 Å². The fourth-order valence-electron chi connectivity index (χ4n) is 10.0. The number of nitrogens with zero attached hydrogens (tertiary/aromatic N) is 1. The highest BCUT2D eigenvalue weighted by atomic mass is 35.5. The molecule has 0 bridgehead atoms. The Balaban J connectivity index is 1.19. The van der Waals surface area contributed by atoms with E-state index in [-0.39, 0.29) is 28.6 Å². The lowest BCUT2D eigenvalue weighted by molar-refractivity contribution is -0.174. The van der Waals surface area contributed by atoms with Crippen molar-refractivity contribution in [2.45, 2.75) is 97.2 Å². The number of H-pyrrole nitrogens is 1. The van der Waals surface area contributed by atoms with Crippen LogP contribution in [-0.4, -0.2) is 32.4 Å². The highest BCUT2D eigenvalue weighted by Crippen LogP contribution is 2.68. The molecule has 0 radical (unpaired) electrons. The maximum Gasteiger partial charge on any atom is 0.258 e. The normalized spacial score (nSPS) is 42.2. The number of halogens is 1. The van der Waals surface area contributed by atoms with Crippen molar-refractivity contribution in [3.8, 4) is 0 Å². The van der Waals surface area contributed by atoms with E-state index in [1.165, 1.54) is 25.7 Å². The van der Waals surface area contributed by atoms with Crippen molar-refractivity contribution in [3.63, 3.8) is 0 Å². The number of hydrogen-bond acceptors (Lipinski definition) is 4. The summed E-state index contributed by atoms with van der Waals surface area (Å²) in [5.41, 5.74) is 0.769. The molecular weight excluding hydrogens is 484 g/mol. The van der Waals surface area contributed by atoms with Crippen LogP contribution in [0.3, 0.4) is 0 Å². The predicted octanol–water partition coefficient (Wildman–Crippen LogP) is 6.14. The monoisotopic (exact) mass is 526 g/mol. The summed E-state index contributed by atoms with van der Waals surface area (Å²) >= 11 is 6.15. The van der Waals surface area contributed by atoms with E-state index in [4.69, 9.17) is 16.6 Å². The highest BCUT2D eigenvalue weighted by Gasteiger charge is 2.63. The Morgan fingerprint density at radius 2 is 1.92 bits per heavy atom. The topological polar surface area (TPSA) is 86.2 Å². The Kier molecular flexibility index (Phi) is 6.52. The molecule has 1 unspecified atom stereocenters. The zero-order valence-corrected chi connectivity index (χ0v) is 23.3. The largest absolute Gasteiger partial charge is 0.393 e. The third kappa shape index (κ3) is 4.10. The summed E-state index contributed by atoms with van der Waals surface area (Å²) in [6.07, 6.45) is 10.1. The molecule has 1 aromatic carbocycles. The first-order valence-electron chi connectivity index (χ1n) is 14.7. The zero-order chi connectivity index (χ0) is 26.1. The van der Waals surface area contributed by atoms with Gasteiger partial charge in [-0.3, -0.25) is 4.79 Å². The van der Waals surface area contributed by atoms with Crippen molar-refractivity contribution in [3.05, 3.63) is 39.4 Å². The molecule has 3 N–H and O–H groups in total. The standard InChI is InChI=1S/C31H43ClN2O3/c1-17(4-11-28-33-26-15-19(32)6-8-22(26)29(37)34-28)23-9-10-24-21-7-5-18-14-20(35)12-13-30(18,2)25(21)16-27(36)31(23,24)3/h6,8,15,17-18,20-21,23-25,27,35-36H,4-5,7,9-14,16H2,1-3H3,(H,33,34,37)/t17-,18-,20-,21+,23-,24+,25?,27+,30+,31-/m1/s1. The van der Waals surface area contributed by atoms with Gasteiger partial charge in [0.25, 0.3) is 5.56 Å². The van der Waals surface area contributed by atoms with E-state index in [2.05, 4.69) is 25.8 Å². The minimum absolute atomic E-state index is 0.0459. The lowest BCUT2D eigenvalue weighted by atomic mass is 9.43. The zero-order valence-electron chi connectivity index (χ0n) is 22.5. The van der Waals surface area contributed by atoms with Crippen LogP contribution in [0.4, 0.5) is 0 Å². The molecule has 37 heavy (non-hydrogen) atoms. The Hall–Kier alpha value is -1.43. The lowest BCUT2D eigenvalue weighted by Gasteiger charge is -2.62. The van der Waals surface area contributed by atoms with E-state index in [1.54, 1.807) is 18.2 Å². The third-order valence-electron chi connectivity index (χ3n) is 12.1. The Morgan fingerprint density at radius 1 is 1.11 bits per heavy atom. The summed E-state index contributed by atoms with van der Waals surface area (Å²) in [4.78, 5) is 20.3. The van der Waals surface area contributed by atoms with Gasteiger partial charge in [0.05, 0.1) is 23.1 Å². The number of aliphatic hydroxyl groups is 2. The summed E-state index contributed by atoms with van der Waals surface area (Å²) in [5.74, 6) is 4.12. The smallest absolute Gasteiger partial charge is 0.258 e. The van der Waals surface area contributed by atoms with E-state index < -0.39 is 0 Å². The molecule has 4 aliphatic carbocycles. The molecule has 2 aromatic rings. The van der Waals surface area contributed by atoms with Gasteiger partial charge in [-0.15, -0.1) is 0 Å². The summed E-state index contributed by atoms with van der Waals surface area (Å²) in [5, 5.41) is 23.3. The molecule has 1 aromatic heterocycles. The second-order valence-electron chi connectivity index (χ2n) is 13.6. The minimum Gasteiger partial charge on any atom is -0.393 e. The first-order chi connectivity index (χ1) is 17.6. The molecule has 10 atom stereocenters. The van der Waals surface area contributed by atoms with Gasteiger partial charge in [0.1, 0.15) is 5.82 Å². The molecule has 1 heterocycles. The fourth-order valence-corrected chi connectivity index (χ4v) is 10.2. The van der Waals surface area contributed by atoms with Gasteiger partial charge in [0.15, 0.2) is 0 Å². The highest BCUT2D eigenvalue weighted by molar-refractivity contribution is 6.31. The van der Waals surface area contributed by atoms with E-state index >= 15 is 0 Å². The molecule has 0 amide bonds. The lowest BCUT2D eigenvalue weighted by Crippen LogP contribution is -2.58. The molecule has 202 valence electrons.